The molecule has 0 aromatic rings. The molecule has 0 rings (SSSR count). The molecule has 0 saturated heterocycles. The monoisotopic (exact) mass is 344 g/mol. The Bertz CT molecular complexity index is 501. The number of hydrogen-bond acceptors (Lipinski definition) is 7. The first kappa shape index (κ1) is 21.9. The highest BCUT2D eigenvalue weighted by atomic mass is 16.4. The van der Waals surface area contributed by atoms with E-state index in [0.717, 1.165) is 0 Å². The third-order valence-electron chi connectivity index (χ3n) is 3.26. The van der Waals surface area contributed by atoms with Crippen molar-refractivity contribution in [2.75, 3.05) is 13.1 Å². The Morgan fingerprint density at radius 1 is 1.08 bits per heavy atom. The van der Waals surface area contributed by atoms with Gasteiger partial charge in [0.1, 0.15) is 16.9 Å². The molecule has 0 bridgehead atoms. The molecule has 0 radical (unpaired) electrons. The maximum absolute atomic E-state index is 10.5. The molecule has 0 aromatic carbocycles. The molecule has 7 N–H and O–H groups in total. The van der Waals surface area contributed by atoms with Crippen LogP contribution in [-0.4, -0.2) is 58.3 Å². The summed E-state index contributed by atoms with van der Waals surface area (Å²) in [7, 11) is 0. The van der Waals surface area contributed by atoms with E-state index in [0.29, 0.717) is 0 Å². The Hall–Kier alpha value is -2.07. The van der Waals surface area contributed by atoms with Crippen molar-refractivity contribution < 1.29 is 19.8 Å². The van der Waals surface area contributed by atoms with Gasteiger partial charge in [-0.1, -0.05) is 0 Å². The fourth-order valence-corrected chi connectivity index (χ4v) is 1.42. The minimum absolute atomic E-state index is 0.0460. The quantitative estimate of drug-likeness (QED) is 0.153. The molecule has 0 aromatic heterocycles. The number of carboxylic acid groups (broad SMARTS) is 2. The van der Waals surface area contributed by atoms with E-state index < -0.39 is 29.2 Å². The second-order valence-corrected chi connectivity index (χ2v) is 6.40. The van der Waals surface area contributed by atoms with Crippen LogP contribution < -0.4 is 16.8 Å². The molecule has 0 aliphatic rings. The Labute approximate surface area is 141 Å². The summed E-state index contributed by atoms with van der Waals surface area (Å²) in [6.07, 6.45) is -0.755. The van der Waals surface area contributed by atoms with Crippen molar-refractivity contribution in [3.05, 3.63) is 0 Å². The zero-order valence-corrected chi connectivity index (χ0v) is 14.6. The molecule has 0 fully saturated rings. The molecule has 0 amide bonds. The van der Waals surface area contributed by atoms with Crippen LogP contribution >= 0.6 is 0 Å². The molecule has 0 saturated carbocycles. The highest BCUT2D eigenvalue weighted by Gasteiger charge is 2.29. The van der Waals surface area contributed by atoms with Crippen molar-refractivity contribution in [2.45, 2.75) is 57.8 Å². The summed E-state index contributed by atoms with van der Waals surface area (Å²) in [5.74, 6) is -1.69. The van der Waals surface area contributed by atoms with Crippen LogP contribution in [0.5, 0.6) is 0 Å². The molecule has 0 aliphatic carbocycles. The molecule has 0 heterocycles. The summed E-state index contributed by atoms with van der Waals surface area (Å²) in [6, 6.07) is 0. The second kappa shape index (κ2) is 9.28. The van der Waals surface area contributed by atoms with Crippen LogP contribution in [0.2, 0.25) is 0 Å². The van der Waals surface area contributed by atoms with Crippen molar-refractivity contribution in [1.82, 2.24) is 5.32 Å². The van der Waals surface area contributed by atoms with E-state index in [1.54, 1.807) is 27.7 Å². The maximum atomic E-state index is 10.5. The van der Waals surface area contributed by atoms with Crippen LogP contribution in [0.3, 0.4) is 0 Å². The standard InChI is InChI=1S/C14H28N6O4/c1-13(2,11(15)17-7-5-9(21)22)19-20-14(3,4)12(16)18-8-6-10(23)24/h11,17H,5-8,15H2,1-4H3,(H2,16,18)(H,21,22)(H,23,24). The molecule has 24 heavy (non-hydrogen) atoms. The molecule has 0 spiro atoms. The van der Waals surface area contributed by atoms with E-state index in [1.165, 1.54) is 0 Å². The zero-order chi connectivity index (χ0) is 19.0. The van der Waals surface area contributed by atoms with Crippen molar-refractivity contribution in [3.8, 4) is 0 Å². The number of rotatable bonds is 11. The summed E-state index contributed by atoms with van der Waals surface area (Å²) in [6.45, 7) is 7.20. The first-order valence-corrected chi connectivity index (χ1v) is 7.55. The minimum Gasteiger partial charge on any atom is -0.481 e. The van der Waals surface area contributed by atoms with E-state index >= 15 is 0 Å². The van der Waals surface area contributed by atoms with Gasteiger partial charge in [-0.05, 0) is 27.7 Å². The summed E-state index contributed by atoms with van der Waals surface area (Å²) >= 11 is 0. The molecule has 1 atom stereocenters. The van der Waals surface area contributed by atoms with E-state index in [1.807, 2.05) is 0 Å². The molecular formula is C14H28N6O4. The molecule has 10 nitrogen and oxygen atoms in total. The third-order valence-corrected chi connectivity index (χ3v) is 3.26. The molecule has 138 valence electrons. The van der Waals surface area contributed by atoms with Gasteiger partial charge in [0.15, 0.2) is 0 Å². The molecular weight excluding hydrogens is 316 g/mol. The lowest BCUT2D eigenvalue weighted by Gasteiger charge is -2.28. The van der Waals surface area contributed by atoms with Crippen molar-refractivity contribution >= 4 is 17.8 Å². The summed E-state index contributed by atoms with van der Waals surface area (Å²) < 4.78 is 0. The van der Waals surface area contributed by atoms with Crippen molar-refractivity contribution in [1.29, 1.82) is 0 Å². The van der Waals surface area contributed by atoms with Crippen molar-refractivity contribution in [3.63, 3.8) is 0 Å². The number of nitrogens with one attached hydrogen (secondary N) is 1. The Kier molecular flexibility index (Phi) is 8.48. The molecule has 0 aliphatic heterocycles. The number of aliphatic carboxylic acids is 2. The predicted molar refractivity (Wildman–Crippen MR) is 90.0 cm³/mol. The van der Waals surface area contributed by atoms with E-state index in [2.05, 4.69) is 20.5 Å². The number of carbonyl (C=O) groups is 2. The lowest BCUT2D eigenvalue weighted by Crippen LogP contribution is -2.52. The Morgan fingerprint density at radius 2 is 1.62 bits per heavy atom. The Balaban J connectivity index is 4.79. The number of nitrogens with two attached hydrogens (primary N) is 2. The van der Waals surface area contributed by atoms with E-state index in [-0.39, 0.29) is 31.8 Å². The largest absolute Gasteiger partial charge is 0.481 e. The van der Waals surface area contributed by atoms with Crippen LogP contribution in [0.4, 0.5) is 0 Å². The van der Waals surface area contributed by atoms with Crippen LogP contribution in [0.1, 0.15) is 40.5 Å². The average molecular weight is 344 g/mol. The van der Waals surface area contributed by atoms with Crippen LogP contribution in [0.15, 0.2) is 15.2 Å². The van der Waals surface area contributed by atoms with Crippen LogP contribution in [-0.2, 0) is 9.59 Å². The second-order valence-electron chi connectivity index (χ2n) is 6.40. The summed E-state index contributed by atoms with van der Waals surface area (Å²) in [5.41, 5.74) is 10.1. The fourth-order valence-electron chi connectivity index (χ4n) is 1.42. The SMILES string of the molecule is CC(C)(N=NC(C)(C)C(N)NCCC(=O)O)C(N)=NCCC(=O)O. The number of nitrogens with zero attached hydrogens (tertiary/aromatic N) is 3. The van der Waals surface area contributed by atoms with Gasteiger partial charge in [-0.25, -0.2) is 0 Å². The number of aliphatic imine (C=N–C) groups is 1. The third kappa shape index (κ3) is 8.53. The summed E-state index contributed by atoms with van der Waals surface area (Å²) in [5, 5.41) is 28.5. The minimum atomic E-state index is -0.953. The lowest BCUT2D eigenvalue weighted by molar-refractivity contribution is -0.137. The van der Waals surface area contributed by atoms with E-state index in [4.69, 9.17) is 21.7 Å². The average Bonchev–Trinajstić information content (AvgIpc) is 2.44. The van der Waals surface area contributed by atoms with Gasteiger partial charge < -0.3 is 21.7 Å². The number of hydrogen-bond donors (Lipinski definition) is 5. The highest BCUT2D eigenvalue weighted by Crippen LogP contribution is 2.17. The maximum Gasteiger partial charge on any atom is 0.305 e. The van der Waals surface area contributed by atoms with Gasteiger partial charge in [-0.15, -0.1) is 0 Å². The number of amidine groups is 1. The normalized spacial score (nSPS) is 14.8. The number of azo groups is 1. The topological polar surface area (TPSA) is 176 Å². The van der Waals surface area contributed by atoms with Gasteiger partial charge >= 0.3 is 11.9 Å². The molecule has 10 heteroatoms. The van der Waals surface area contributed by atoms with E-state index in [9.17, 15) is 9.59 Å². The lowest BCUT2D eigenvalue weighted by atomic mass is 10.0. The van der Waals surface area contributed by atoms with Crippen LogP contribution in [0.25, 0.3) is 0 Å². The van der Waals surface area contributed by atoms with Gasteiger partial charge in [-0.3, -0.25) is 19.9 Å². The Morgan fingerprint density at radius 3 is 2.12 bits per heavy atom. The van der Waals surface area contributed by atoms with Gasteiger partial charge in [0.2, 0.25) is 0 Å². The highest BCUT2D eigenvalue weighted by molar-refractivity contribution is 5.89. The van der Waals surface area contributed by atoms with Crippen molar-refractivity contribution in [2.24, 2.45) is 26.7 Å². The van der Waals surface area contributed by atoms with Crippen LogP contribution in [0, 0.1) is 0 Å². The first-order chi connectivity index (χ1) is 10.9. The van der Waals surface area contributed by atoms with Gasteiger partial charge in [0, 0.05) is 6.54 Å². The molecule has 1 unspecified atom stereocenters. The smallest absolute Gasteiger partial charge is 0.305 e. The summed E-state index contributed by atoms with van der Waals surface area (Å²) in [4.78, 5) is 25.0. The predicted octanol–water partition coefficient (Wildman–Crippen LogP) is 0.177. The number of carboxylic acids is 2. The van der Waals surface area contributed by atoms with Gasteiger partial charge in [0.05, 0.1) is 25.6 Å². The zero-order valence-electron chi connectivity index (χ0n) is 14.6. The first-order valence-electron chi connectivity index (χ1n) is 7.55. The van der Waals surface area contributed by atoms with Gasteiger partial charge in [0.25, 0.3) is 0 Å². The van der Waals surface area contributed by atoms with Gasteiger partial charge in [-0.2, -0.15) is 10.2 Å². The fraction of sp³-hybridized carbons (Fsp3) is 0.786.